The van der Waals surface area contributed by atoms with Crippen LogP contribution in [0.4, 0.5) is 0 Å². The van der Waals surface area contributed by atoms with E-state index in [0.29, 0.717) is 6.61 Å². The zero-order valence-corrected chi connectivity index (χ0v) is 20.6. The van der Waals surface area contributed by atoms with Crippen LogP contribution in [0.5, 0.6) is 0 Å². The maximum Gasteiger partial charge on any atom is 0.309 e. The summed E-state index contributed by atoms with van der Waals surface area (Å²) in [4.78, 5) is 12.8. The number of ether oxygens (including phenoxy) is 1. The molecular weight excluding hydrogens is 404 g/mol. The van der Waals surface area contributed by atoms with E-state index in [9.17, 15) is 4.79 Å². The molecule has 2 aromatic rings. The van der Waals surface area contributed by atoms with E-state index in [-0.39, 0.29) is 11.9 Å². The number of benzene rings is 2. The highest BCUT2D eigenvalue weighted by atomic mass is 16.5. The van der Waals surface area contributed by atoms with E-state index < -0.39 is 0 Å². The molecule has 1 aliphatic rings. The van der Waals surface area contributed by atoms with Crippen molar-refractivity contribution >= 4 is 17.1 Å². The number of allylic oxidation sites excluding steroid dienone is 2. The van der Waals surface area contributed by atoms with Crippen molar-refractivity contribution in [3.8, 4) is 0 Å². The molecule has 0 spiro atoms. The largest absolute Gasteiger partial charge is 0.465 e. The van der Waals surface area contributed by atoms with Crippen LogP contribution in [-0.4, -0.2) is 12.6 Å². The number of hydrogen-bond donors (Lipinski definition) is 0. The smallest absolute Gasteiger partial charge is 0.309 e. The molecule has 2 aromatic carbocycles. The summed E-state index contributed by atoms with van der Waals surface area (Å²) in [7, 11) is 0. The van der Waals surface area contributed by atoms with Gasteiger partial charge >= 0.3 is 5.97 Å². The van der Waals surface area contributed by atoms with Gasteiger partial charge in [0.25, 0.3) is 0 Å². The minimum Gasteiger partial charge on any atom is -0.465 e. The summed E-state index contributed by atoms with van der Waals surface area (Å²) in [5.41, 5.74) is 5.17. The van der Waals surface area contributed by atoms with Gasteiger partial charge in [-0.25, -0.2) is 0 Å². The molecule has 0 fully saturated rings. The van der Waals surface area contributed by atoms with Gasteiger partial charge < -0.3 is 4.74 Å². The van der Waals surface area contributed by atoms with Crippen molar-refractivity contribution in [2.45, 2.75) is 90.4 Å². The molecule has 1 atom stereocenters. The molecule has 0 bridgehead atoms. The van der Waals surface area contributed by atoms with E-state index in [1.165, 1.54) is 80.1 Å². The Kier molecular flexibility index (Phi) is 11.3. The summed E-state index contributed by atoms with van der Waals surface area (Å²) in [5.74, 6) is -0.0396. The quantitative estimate of drug-likeness (QED) is 0.214. The van der Waals surface area contributed by atoms with Crippen molar-refractivity contribution in [1.29, 1.82) is 0 Å². The van der Waals surface area contributed by atoms with Gasteiger partial charge in [-0.05, 0) is 48.0 Å². The summed E-state index contributed by atoms with van der Waals surface area (Å²) in [5, 5.41) is 0. The predicted molar refractivity (Wildman–Crippen MR) is 140 cm³/mol. The lowest BCUT2D eigenvalue weighted by molar-refractivity contribution is -0.148. The summed E-state index contributed by atoms with van der Waals surface area (Å²) in [6.45, 7) is 2.84. The molecule has 33 heavy (non-hydrogen) atoms. The summed E-state index contributed by atoms with van der Waals surface area (Å²) in [6, 6.07) is 21.2. The van der Waals surface area contributed by atoms with Crippen molar-refractivity contribution in [3.05, 3.63) is 71.8 Å². The highest BCUT2D eigenvalue weighted by Crippen LogP contribution is 2.41. The first kappa shape index (κ1) is 25.3. The Morgan fingerprint density at radius 3 is 1.82 bits per heavy atom. The molecule has 0 aliphatic heterocycles. The Labute approximate surface area is 201 Å². The van der Waals surface area contributed by atoms with Crippen LogP contribution < -0.4 is 0 Å². The molecule has 0 saturated carbocycles. The number of hydrogen-bond acceptors (Lipinski definition) is 2. The fourth-order valence-electron chi connectivity index (χ4n) is 4.91. The molecule has 0 aromatic heterocycles. The van der Waals surface area contributed by atoms with E-state index in [0.717, 1.165) is 25.7 Å². The van der Waals surface area contributed by atoms with Crippen molar-refractivity contribution in [2.24, 2.45) is 5.92 Å². The van der Waals surface area contributed by atoms with Crippen molar-refractivity contribution in [1.82, 2.24) is 0 Å². The van der Waals surface area contributed by atoms with Gasteiger partial charge in [0.05, 0.1) is 12.5 Å². The third-order valence-corrected chi connectivity index (χ3v) is 6.88. The molecule has 0 amide bonds. The fraction of sp³-hybridized carbons (Fsp3) is 0.516. The summed E-state index contributed by atoms with van der Waals surface area (Å²) >= 11 is 0. The molecule has 3 rings (SSSR count). The zero-order chi connectivity index (χ0) is 23.1. The lowest BCUT2D eigenvalue weighted by atomic mass is 9.78. The Morgan fingerprint density at radius 2 is 1.24 bits per heavy atom. The van der Waals surface area contributed by atoms with Crippen LogP contribution in [0.2, 0.25) is 0 Å². The van der Waals surface area contributed by atoms with Gasteiger partial charge in [-0.15, -0.1) is 0 Å². The summed E-state index contributed by atoms with van der Waals surface area (Å²) in [6.07, 6.45) is 15.5. The van der Waals surface area contributed by atoms with Crippen LogP contribution in [0.1, 0.15) is 102 Å². The molecule has 1 unspecified atom stereocenters. The number of esters is 1. The van der Waals surface area contributed by atoms with E-state index in [4.69, 9.17) is 4.74 Å². The first-order chi connectivity index (χ1) is 16.3. The van der Waals surface area contributed by atoms with Crippen molar-refractivity contribution < 1.29 is 9.53 Å². The molecule has 0 heterocycles. The minimum atomic E-state index is -0.0317. The van der Waals surface area contributed by atoms with Gasteiger partial charge in [0.15, 0.2) is 0 Å². The number of unbranched alkanes of at least 4 members (excludes halogenated alkanes) is 9. The average Bonchev–Trinajstić information content (AvgIpc) is 2.88. The van der Waals surface area contributed by atoms with Crippen molar-refractivity contribution in [2.75, 3.05) is 6.61 Å². The topological polar surface area (TPSA) is 26.3 Å². The second kappa shape index (κ2) is 14.7. The lowest BCUT2D eigenvalue weighted by Gasteiger charge is -2.27. The van der Waals surface area contributed by atoms with E-state index >= 15 is 0 Å². The van der Waals surface area contributed by atoms with Gasteiger partial charge in [0, 0.05) is 0 Å². The van der Waals surface area contributed by atoms with Crippen LogP contribution in [-0.2, 0) is 9.53 Å². The average molecular weight is 447 g/mol. The van der Waals surface area contributed by atoms with Crippen LogP contribution >= 0.6 is 0 Å². The second-order valence-corrected chi connectivity index (χ2v) is 9.48. The molecule has 0 radical (unpaired) electrons. The first-order valence-corrected chi connectivity index (χ1v) is 13.3. The molecular formula is C31H42O2. The Bertz CT molecular complexity index is 838. The van der Waals surface area contributed by atoms with Crippen LogP contribution in [0.3, 0.4) is 0 Å². The highest BCUT2D eigenvalue weighted by Gasteiger charge is 2.28. The number of carbonyl (C=O) groups is 1. The summed E-state index contributed by atoms with van der Waals surface area (Å²) < 4.78 is 5.72. The van der Waals surface area contributed by atoms with Gasteiger partial charge in [0.2, 0.25) is 0 Å². The molecule has 1 aliphatic carbocycles. The van der Waals surface area contributed by atoms with E-state index in [1.807, 2.05) is 6.07 Å². The maximum absolute atomic E-state index is 12.8. The maximum atomic E-state index is 12.8. The van der Waals surface area contributed by atoms with E-state index in [2.05, 4.69) is 61.5 Å². The van der Waals surface area contributed by atoms with Crippen molar-refractivity contribution in [3.63, 3.8) is 0 Å². The third kappa shape index (κ3) is 8.50. The predicted octanol–water partition coefficient (Wildman–Crippen LogP) is 8.86. The van der Waals surface area contributed by atoms with Gasteiger partial charge in [-0.2, -0.15) is 0 Å². The molecule has 0 N–H and O–H groups in total. The van der Waals surface area contributed by atoms with Crippen LogP contribution in [0.25, 0.3) is 11.1 Å². The Balaban J connectivity index is 1.43. The number of rotatable bonds is 14. The third-order valence-electron chi connectivity index (χ3n) is 6.88. The Morgan fingerprint density at radius 1 is 0.727 bits per heavy atom. The fourth-order valence-corrected chi connectivity index (χ4v) is 4.91. The van der Waals surface area contributed by atoms with Crippen LogP contribution in [0, 0.1) is 5.92 Å². The van der Waals surface area contributed by atoms with Crippen LogP contribution in [0.15, 0.2) is 60.7 Å². The molecule has 2 heteroatoms. The molecule has 178 valence electrons. The first-order valence-electron chi connectivity index (χ1n) is 13.3. The normalized spacial score (nSPS) is 16.1. The number of carbonyl (C=O) groups excluding carboxylic acids is 1. The van der Waals surface area contributed by atoms with Gasteiger partial charge in [0.1, 0.15) is 0 Å². The van der Waals surface area contributed by atoms with E-state index in [1.54, 1.807) is 0 Å². The monoisotopic (exact) mass is 446 g/mol. The minimum absolute atomic E-state index is 0.00790. The highest BCUT2D eigenvalue weighted by molar-refractivity contribution is 5.93. The Hall–Kier alpha value is -2.35. The lowest BCUT2D eigenvalue weighted by Crippen LogP contribution is -2.22. The van der Waals surface area contributed by atoms with Gasteiger partial charge in [-0.3, -0.25) is 4.79 Å². The van der Waals surface area contributed by atoms with Gasteiger partial charge in [-0.1, -0.05) is 125 Å². The zero-order valence-electron chi connectivity index (χ0n) is 20.6. The second-order valence-electron chi connectivity index (χ2n) is 9.48. The molecule has 0 saturated heterocycles. The standard InChI is InChI=1S/C31H42O2/c1-2-3-4-5-6-7-8-9-10-17-24-33-31(32)28-22-23-29(26-18-13-11-14-19-26)30(25-28)27-20-15-12-16-21-27/h11-16,18-21,28H,2-10,17,22-25H2,1H3. The SMILES string of the molecule is CCCCCCCCCCCCOC(=O)C1CCC(c2ccccc2)=C(c2ccccc2)C1. The molecule has 2 nitrogen and oxygen atoms in total.